The van der Waals surface area contributed by atoms with Crippen molar-refractivity contribution in [3.8, 4) is 11.5 Å². The summed E-state index contributed by atoms with van der Waals surface area (Å²) in [4.78, 5) is 0. The molecule has 1 aromatic carbocycles. The lowest BCUT2D eigenvalue weighted by atomic mass is 9.98. The Hall–Kier alpha value is -1.18. The maximum absolute atomic E-state index is 9.24. The number of aromatic hydroxyl groups is 1. The smallest absolute Gasteiger partial charge is 0.123 e. The average molecular weight is 164 g/mol. The number of phenols is 1. The Balaban J connectivity index is 2.48. The lowest BCUT2D eigenvalue weighted by Crippen LogP contribution is -2.10. The summed E-state index contributed by atoms with van der Waals surface area (Å²) in [7, 11) is 0. The van der Waals surface area contributed by atoms with E-state index in [4.69, 9.17) is 4.74 Å². The molecule has 0 fully saturated rings. The van der Waals surface area contributed by atoms with Crippen LogP contribution in [0.4, 0.5) is 0 Å². The Kier molecular flexibility index (Phi) is 1.50. The molecule has 0 amide bonds. The van der Waals surface area contributed by atoms with Crippen molar-refractivity contribution < 1.29 is 9.84 Å². The number of hydrogen-bond acceptors (Lipinski definition) is 2. The Morgan fingerprint density at radius 1 is 1.33 bits per heavy atom. The number of hydrogen-bond donors (Lipinski definition) is 1. The van der Waals surface area contributed by atoms with Gasteiger partial charge in [0.1, 0.15) is 17.6 Å². The molecular weight excluding hydrogens is 152 g/mol. The van der Waals surface area contributed by atoms with Gasteiger partial charge in [0.2, 0.25) is 0 Å². The Morgan fingerprint density at radius 3 is 2.83 bits per heavy atom. The molecule has 1 aromatic rings. The van der Waals surface area contributed by atoms with Crippen molar-refractivity contribution in [2.75, 3.05) is 0 Å². The lowest BCUT2D eigenvalue weighted by Gasteiger charge is -2.07. The van der Waals surface area contributed by atoms with Crippen LogP contribution in [0.3, 0.4) is 0 Å². The van der Waals surface area contributed by atoms with Gasteiger partial charge in [0.05, 0.1) is 0 Å². The lowest BCUT2D eigenvalue weighted by molar-refractivity contribution is 0.232. The van der Waals surface area contributed by atoms with E-state index in [0.717, 1.165) is 11.3 Å². The van der Waals surface area contributed by atoms with Gasteiger partial charge in [-0.15, -0.1) is 0 Å². The van der Waals surface area contributed by atoms with Crippen LogP contribution < -0.4 is 4.74 Å². The van der Waals surface area contributed by atoms with E-state index in [1.54, 1.807) is 12.1 Å². The number of ether oxygens (including phenoxy) is 1. The van der Waals surface area contributed by atoms with E-state index in [-0.39, 0.29) is 6.10 Å². The van der Waals surface area contributed by atoms with Gasteiger partial charge in [-0.1, -0.05) is 6.92 Å². The Morgan fingerprint density at radius 2 is 2.08 bits per heavy atom. The summed E-state index contributed by atoms with van der Waals surface area (Å²) in [5.74, 6) is 1.61. The van der Waals surface area contributed by atoms with E-state index >= 15 is 0 Å². The third kappa shape index (κ3) is 0.951. The van der Waals surface area contributed by atoms with Crippen LogP contribution in [0.15, 0.2) is 18.2 Å². The zero-order valence-electron chi connectivity index (χ0n) is 7.24. The topological polar surface area (TPSA) is 29.5 Å². The predicted octanol–water partition coefficient (Wildman–Crippen LogP) is 2.28. The summed E-state index contributed by atoms with van der Waals surface area (Å²) >= 11 is 0. The van der Waals surface area contributed by atoms with Crippen molar-refractivity contribution in [2.45, 2.75) is 25.9 Å². The fourth-order valence-electron chi connectivity index (χ4n) is 1.55. The molecule has 0 radical (unpaired) electrons. The molecule has 1 aliphatic rings. The van der Waals surface area contributed by atoms with Crippen LogP contribution in [0.25, 0.3) is 0 Å². The molecule has 2 heteroatoms. The van der Waals surface area contributed by atoms with Gasteiger partial charge < -0.3 is 9.84 Å². The molecule has 2 rings (SSSR count). The molecule has 0 bridgehead atoms. The molecule has 1 aliphatic heterocycles. The Labute approximate surface area is 71.8 Å². The molecule has 0 spiro atoms. The first-order valence-electron chi connectivity index (χ1n) is 4.18. The van der Waals surface area contributed by atoms with Crippen LogP contribution in [0.2, 0.25) is 0 Å². The number of fused-ring (bicyclic) bond motifs is 1. The molecular formula is C10H12O2. The first-order chi connectivity index (χ1) is 5.68. The van der Waals surface area contributed by atoms with Crippen LogP contribution >= 0.6 is 0 Å². The van der Waals surface area contributed by atoms with Gasteiger partial charge in [-0.3, -0.25) is 0 Å². The van der Waals surface area contributed by atoms with E-state index in [1.165, 1.54) is 0 Å². The van der Waals surface area contributed by atoms with Crippen LogP contribution in [0, 0.1) is 0 Å². The molecule has 1 N–H and O–H groups in total. The second-order valence-corrected chi connectivity index (χ2v) is 3.33. The van der Waals surface area contributed by atoms with E-state index in [1.807, 2.05) is 13.0 Å². The van der Waals surface area contributed by atoms with Gasteiger partial charge in [0, 0.05) is 11.5 Å². The summed E-state index contributed by atoms with van der Waals surface area (Å²) in [6.45, 7) is 4.15. The van der Waals surface area contributed by atoms with Gasteiger partial charge >= 0.3 is 0 Å². The van der Waals surface area contributed by atoms with Crippen LogP contribution in [0.5, 0.6) is 11.5 Å². The molecule has 2 nitrogen and oxygen atoms in total. The van der Waals surface area contributed by atoms with E-state index in [2.05, 4.69) is 6.92 Å². The monoisotopic (exact) mass is 164 g/mol. The molecule has 0 aliphatic carbocycles. The van der Waals surface area contributed by atoms with Crippen LogP contribution in [0.1, 0.15) is 25.3 Å². The highest BCUT2D eigenvalue weighted by Gasteiger charge is 2.27. The molecule has 0 saturated heterocycles. The van der Waals surface area contributed by atoms with Gasteiger partial charge in [-0.25, -0.2) is 0 Å². The molecule has 2 atom stereocenters. The van der Waals surface area contributed by atoms with Crippen molar-refractivity contribution in [3.05, 3.63) is 23.8 Å². The SMILES string of the molecule is CC1Oc2ccc(O)cc2C1C. The first kappa shape index (κ1) is 7.47. The van der Waals surface area contributed by atoms with Crippen molar-refractivity contribution in [3.63, 3.8) is 0 Å². The third-order valence-electron chi connectivity index (χ3n) is 2.50. The quantitative estimate of drug-likeness (QED) is 0.637. The summed E-state index contributed by atoms with van der Waals surface area (Å²) in [6.07, 6.45) is 0.224. The fraction of sp³-hybridized carbons (Fsp3) is 0.400. The number of benzene rings is 1. The molecule has 2 unspecified atom stereocenters. The summed E-state index contributed by atoms with van der Waals surface area (Å²) in [6, 6.07) is 5.26. The van der Waals surface area contributed by atoms with Gasteiger partial charge in [0.25, 0.3) is 0 Å². The second-order valence-electron chi connectivity index (χ2n) is 3.33. The maximum Gasteiger partial charge on any atom is 0.123 e. The summed E-state index contributed by atoms with van der Waals surface area (Å²) in [5, 5.41) is 9.24. The number of rotatable bonds is 0. The van der Waals surface area contributed by atoms with Gasteiger partial charge in [-0.2, -0.15) is 0 Å². The van der Waals surface area contributed by atoms with Crippen molar-refractivity contribution in [1.82, 2.24) is 0 Å². The van der Waals surface area contributed by atoms with Crippen LogP contribution in [-0.4, -0.2) is 11.2 Å². The second kappa shape index (κ2) is 2.41. The third-order valence-corrected chi connectivity index (χ3v) is 2.50. The zero-order chi connectivity index (χ0) is 8.72. The van der Waals surface area contributed by atoms with Gasteiger partial charge in [-0.05, 0) is 25.1 Å². The summed E-state index contributed by atoms with van der Waals surface area (Å²) < 4.78 is 5.56. The maximum atomic E-state index is 9.24. The van der Waals surface area contributed by atoms with Crippen molar-refractivity contribution >= 4 is 0 Å². The molecule has 64 valence electrons. The van der Waals surface area contributed by atoms with Crippen LogP contribution in [-0.2, 0) is 0 Å². The first-order valence-corrected chi connectivity index (χ1v) is 4.18. The highest BCUT2D eigenvalue weighted by molar-refractivity contribution is 5.44. The predicted molar refractivity (Wildman–Crippen MR) is 46.6 cm³/mol. The van der Waals surface area contributed by atoms with E-state index < -0.39 is 0 Å². The van der Waals surface area contributed by atoms with E-state index in [0.29, 0.717) is 11.7 Å². The molecule has 0 aromatic heterocycles. The average Bonchev–Trinajstić information content (AvgIpc) is 2.31. The zero-order valence-corrected chi connectivity index (χ0v) is 7.24. The highest BCUT2D eigenvalue weighted by Crippen LogP contribution is 2.39. The minimum Gasteiger partial charge on any atom is -0.508 e. The van der Waals surface area contributed by atoms with Gasteiger partial charge in [0.15, 0.2) is 0 Å². The fourth-order valence-corrected chi connectivity index (χ4v) is 1.55. The normalized spacial score (nSPS) is 26.5. The highest BCUT2D eigenvalue weighted by atomic mass is 16.5. The molecule has 1 heterocycles. The Bertz CT molecular complexity index is 307. The number of phenolic OH excluding ortho intramolecular Hbond substituents is 1. The molecule has 0 saturated carbocycles. The van der Waals surface area contributed by atoms with Crippen molar-refractivity contribution in [1.29, 1.82) is 0 Å². The minimum absolute atomic E-state index is 0.224. The largest absolute Gasteiger partial charge is 0.508 e. The summed E-state index contributed by atoms with van der Waals surface area (Å²) in [5.41, 5.74) is 1.11. The minimum atomic E-state index is 0.224. The van der Waals surface area contributed by atoms with Crippen molar-refractivity contribution in [2.24, 2.45) is 0 Å². The van der Waals surface area contributed by atoms with E-state index in [9.17, 15) is 5.11 Å². The molecule has 12 heavy (non-hydrogen) atoms. The standard InChI is InChI=1S/C10H12O2/c1-6-7(2)12-10-4-3-8(11)5-9(6)10/h3-7,11H,1-2H3.